The molecule has 0 saturated heterocycles. The van der Waals surface area contributed by atoms with Gasteiger partial charge in [0.2, 0.25) is 0 Å². The summed E-state index contributed by atoms with van der Waals surface area (Å²) in [6.45, 7) is 15.8. The quantitative estimate of drug-likeness (QED) is 0.566. The average Bonchev–Trinajstić information content (AvgIpc) is 3.08. The van der Waals surface area contributed by atoms with Gasteiger partial charge in [-0.2, -0.15) is 0 Å². The number of nitrogens with zero attached hydrogens (tertiary/aromatic N) is 3. The van der Waals surface area contributed by atoms with Gasteiger partial charge in [0.1, 0.15) is 15.8 Å². The Balaban J connectivity index is 2.04. The Labute approximate surface area is 143 Å². The summed E-state index contributed by atoms with van der Waals surface area (Å²) in [5, 5.41) is 17.2. The normalized spacial score (nSPS) is 16.6. The zero-order valence-corrected chi connectivity index (χ0v) is 15.6. The molecule has 0 aliphatic heterocycles. The molecule has 1 fully saturated rings. The number of rotatable bonds is 8. The third-order valence-electron chi connectivity index (χ3n) is 4.14. The highest BCUT2D eigenvalue weighted by atomic mass is 32.1. The van der Waals surface area contributed by atoms with E-state index in [-0.39, 0.29) is 5.54 Å². The van der Waals surface area contributed by atoms with E-state index >= 15 is 0 Å². The maximum Gasteiger partial charge on any atom is 0.131 e. The highest BCUT2D eigenvalue weighted by Crippen LogP contribution is 2.36. The van der Waals surface area contributed by atoms with Gasteiger partial charge in [-0.1, -0.05) is 5.57 Å². The van der Waals surface area contributed by atoms with Crippen LogP contribution in [0.5, 0.6) is 0 Å². The maximum absolute atomic E-state index is 4.22. The molecule has 0 amide bonds. The Morgan fingerprint density at radius 2 is 2.00 bits per heavy atom. The third kappa shape index (κ3) is 4.97. The number of hydrogen-bond donors (Lipinski definition) is 2. The smallest absolute Gasteiger partial charge is 0.131 e. The van der Waals surface area contributed by atoms with Crippen LogP contribution in [0.3, 0.4) is 0 Å². The van der Waals surface area contributed by atoms with Crippen molar-refractivity contribution in [1.29, 1.82) is 0 Å². The zero-order valence-electron chi connectivity index (χ0n) is 14.8. The first-order valence-corrected chi connectivity index (χ1v) is 8.78. The minimum absolute atomic E-state index is 0.196. The molecule has 23 heavy (non-hydrogen) atoms. The van der Waals surface area contributed by atoms with Gasteiger partial charge in [0.15, 0.2) is 0 Å². The lowest BCUT2D eigenvalue weighted by Gasteiger charge is -2.19. The molecule has 1 saturated carbocycles. The lowest BCUT2D eigenvalue weighted by Crippen LogP contribution is -2.28. The lowest BCUT2D eigenvalue weighted by atomic mass is 10.0. The summed E-state index contributed by atoms with van der Waals surface area (Å²) in [4.78, 5) is 4.22. The number of nitrogens with one attached hydrogen (secondary N) is 2. The van der Waals surface area contributed by atoms with Crippen LogP contribution >= 0.6 is 11.3 Å². The number of aryl methyl sites for hydroxylation is 1. The van der Waals surface area contributed by atoms with Crippen LogP contribution in [0.15, 0.2) is 27.5 Å². The predicted octanol–water partition coefficient (Wildman–Crippen LogP) is 3.35. The van der Waals surface area contributed by atoms with Gasteiger partial charge in [-0.25, -0.2) is 4.99 Å². The Bertz CT molecular complexity index is 633. The highest BCUT2D eigenvalue weighted by Gasteiger charge is 2.37. The second-order valence-electron chi connectivity index (χ2n) is 6.61. The molecular weight excluding hydrogens is 306 g/mol. The molecule has 2 N–H and O–H groups in total. The van der Waals surface area contributed by atoms with Crippen molar-refractivity contribution in [2.24, 2.45) is 4.99 Å². The van der Waals surface area contributed by atoms with Crippen molar-refractivity contribution >= 4 is 18.1 Å². The Morgan fingerprint density at radius 3 is 2.48 bits per heavy atom. The van der Waals surface area contributed by atoms with Crippen molar-refractivity contribution in [3.05, 3.63) is 32.6 Å². The first-order valence-electron chi connectivity index (χ1n) is 7.97. The summed E-state index contributed by atoms with van der Waals surface area (Å²) in [6.07, 6.45) is 2.39. The van der Waals surface area contributed by atoms with Crippen LogP contribution in [0.4, 0.5) is 0 Å². The van der Waals surface area contributed by atoms with Gasteiger partial charge < -0.3 is 10.6 Å². The Hall–Kier alpha value is -1.53. The van der Waals surface area contributed by atoms with Crippen molar-refractivity contribution in [3.63, 3.8) is 0 Å². The van der Waals surface area contributed by atoms with E-state index in [1.807, 2.05) is 6.92 Å². The second-order valence-corrected chi connectivity index (χ2v) is 7.88. The molecule has 0 spiro atoms. The summed E-state index contributed by atoms with van der Waals surface area (Å²) in [5.74, 6) is 0.898. The molecule has 126 valence electrons. The molecule has 6 heteroatoms. The number of allylic oxidation sites excluding steroid dienone is 1. The molecule has 1 aromatic rings. The molecule has 0 aromatic carbocycles. The first kappa shape index (κ1) is 17.8. The van der Waals surface area contributed by atoms with Gasteiger partial charge in [-0.15, -0.1) is 21.5 Å². The van der Waals surface area contributed by atoms with Crippen LogP contribution < -0.4 is 10.6 Å². The Kier molecular flexibility index (Phi) is 5.70. The van der Waals surface area contributed by atoms with Crippen molar-refractivity contribution in [2.75, 3.05) is 6.54 Å². The van der Waals surface area contributed by atoms with Gasteiger partial charge in [-0.3, -0.25) is 0 Å². The molecule has 0 bridgehead atoms. The molecule has 0 atom stereocenters. The van der Waals surface area contributed by atoms with E-state index in [0.29, 0.717) is 0 Å². The molecule has 5 nitrogen and oxygen atoms in total. The van der Waals surface area contributed by atoms with Crippen LogP contribution in [0.1, 0.15) is 50.6 Å². The topological polar surface area (TPSA) is 62.2 Å². The number of aromatic nitrogens is 2. The van der Waals surface area contributed by atoms with Crippen molar-refractivity contribution in [1.82, 2.24) is 20.8 Å². The molecule has 1 aromatic heterocycles. The molecular formula is C17H27N5S. The molecule has 1 aliphatic carbocycles. The standard InChI is InChI=1S/C17H27N5S/c1-11(2)14(9-19-10-15-22-21-13(4)23-15)12(3)16(18-6)20-17(5)7-8-17/h19-20H,6-10H2,1-5H3/b16-12-. The van der Waals surface area contributed by atoms with Crippen LogP contribution in [-0.4, -0.2) is 29.0 Å². The zero-order chi connectivity index (χ0) is 17.0. The predicted molar refractivity (Wildman–Crippen MR) is 97.8 cm³/mol. The van der Waals surface area contributed by atoms with Gasteiger partial charge in [0.05, 0.1) is 0 Å². The number of aliphatic imine (C=N–C) groups is 1. The summed E-state index contributed by atoms with van der Waals surface area (Å²) in [7, 11) is 0. The van der Waals surface area contributed by atoms with Crippen LogP contribution in [0.2, 0.25) is 0 Å². The van der Waals surface area contributed by atoms with E-state index in [4.69, 9.17) is 0 Å². The monoisotopic (exact) mass is 333 g/mol. The fourth-order valence-electron chi connectivity index (χ4n) is 2.38. The fraction of sp³-hybridized carbons (Fsp3) is 0.588. The summed E-state index contributed by atoms with van der Waals surface area (Å²) in [5.41, 5.74) is 3.91. The molecule has 0 unspecified atom stereocenters. The fourth-order valence-corrected chi connectivity index (χ4v) is 3.06. The van der Waals surface area contributed by atoms with E-state index in [9.17, 15) is 0 Å². The minimum Gasteiger partial charge on any atom is -0.365 e. The average molecular weight is 334 g/mol. The lowest BCUT2D eigenvalue weighted by molar-refractivity contribution is 0.599. The summed E-state index contributed by atoms with van der Waals surface area (Å²) in [6, 6.07) is 0. The minimum atomic E-state index is 0.196. The molecule has 2 rings (SSSR count). The van der Waals surface area contributed by atoms with Crippen molar-refractivity contribution < 1.29 is 0 Å². The van der Waals surface area contributed by atoms with Gasteiger partial charge in [0, 0.05) is 18.6 Å². The number of hydrogen-bond acceptors (Lipinski definition) is 6. The van der Waals surface area contributed by atoms with E-state index in [2.05, 4.69) is 60.2 Å². The third-order valence-corrected chi connectivity index (χ3v) is 4.97. The first-order chi connectivity index (χ1) is 10.8. The highest BCUT2D eigenvalue weighted by molar-refractivity contribution is 7.11. The SMILES string of the molecule is C=N/C(NC1(C)CC1)=C(\C)C(CNCc1nnc(C)s1)=C(C)C. The Morgan fingerprint density at radius 1 is 1.30 bits per heavy atom. The van der Waals surface area contributed by atoms with E-state index in [1.165, 1.54) is 24.0 Å². The van der Waals surface area contributed by atoms with Gasteiger partial charge in [-0.05, 0) is 65.3 Å². The van der Waals surface area contributed by atoms with Gasteiger partial charge >= 0.3 is 0 Å². The molecule has 0 radical (unpaired) electrons. The van der Waals surface area contributed by atoms with Crippen molar-refractivity contribution in [3.8, 4) is 0 Å². The largest absolute Gasteiger partial charge is 0.365 e. The van der Waals surface area contributed by atoms with E-state index in [0.717, 1.165) is 34.5 Å². The second kappa shape index (κ2) is 7.36. The van der Waals surface area contributed by atoms with Crippen LogP contribution in [0, 0.1) is 6.92 Å². The molecule has 1 heterocycles. The van der Waals surface area contributed by atoms with E-state index < -0.39 is 0 Å². The van der Waals surface area contributed by atoms with Crippen LogP contribution in [-0.2, 0) is 6.54 Å². The summed E-state index contributed by atoms with van der Waals surface area (Å²) >= 11 is 1.63. The van der Waals surface area contributed by atoms with Crippen LogP contribution in [0.25, 0.3) is 0 Å². The molecule has 1 aliphatic rings. The van der Waals surface area contributed by atoms with Gasteiger partial charge in [0.25, 0.3) is 0 Å². The van der Waals surface area contributed by atoms with E-state index in [1.54, 1.807) is 11.3 Å². The summed E-state index contributed by atoms with van der Waals surface area (Å²) < 4.78 is 0. The maximum atomic E-state index is 4.22. The van der Waals surface area contributed by atoms with Crippen molar-refractivity contribution in [2.45, 2.75) is 59.5 Å².